The molecular weight excluding hydrogens is 405 g/mol. The number of hydrogen-bond acceptors (Lipinski definition) is 3. The molecule has 3 N–H and O–H groups in total. The Morgan fingerprint density at radius 1 is 1.47 bits per heavy atom. The van der Waals surface area contributed by atoms with E-state index in [4.69, 9.17) is 10.2 Å². The zero-order valence-electron chi connectivity index (χ0n) is 8.48. The number of rotatable bonds is 4. The molecule has 0 aliphatic carbocycles. The van der Waals surface area contributed by atoms with Crippen LogP contribution >= 0.6 is 38.5 Å². The Hall–Kier alpha value is -0.670. The lowest BCUT2D eigenvalue weighted by molar-refractivity contribution is -0.140. The summed E-state index contributed by atoms with van der Waals surface area (Å²) in [6.45, 7) is -0.647. The molecular formula is C10H9BrINO4. The van der Waals surface area contributed by atoms with Crippen LogP contribution in [0.4, 0.5) is 0 Å². The second kappa shape index (κ2) is 6.31. The Bertz CT molecular complexity index is 452. The molecule has 92 valence electrons. The number of aliphatic hydroxyl groups is 1. The second-order valence-electron chi connectivity index (χ2n) is 3.17. The first-order valence-electron chi connectivity index (χ1n) is 4.55. The van der Waals surface area contributed by atoms with E-state index in [0.29, 0.717) is 9.13 Å². The van der Waals surface area contributed by atoms with E-state index in [2.05, 4.69) is 21.2 Å². The molecule has 7 heteroatoms. The van der Waals surface area contributed by atoms with Crippen molar-refractivity contribution >= 4 is 50.4 Å². The maximum atomic E-state index is 11.8. The van der Waals surface area contributed by atoms with Crippen LogP contribution in [0.3, 0.4) is 0 Å². The van der Waals surface area contributed by atoms with Gasteiger partial charge >= 0.3 is 5.97 Å². The molecule has 0 aliphatic rings. The Morgan fingerprint density at radius 3 is 2.65 bits per heavy atom. The van der Waals surface area contributed by atoms with Crippen molar-refractivity contribution in [2.24, 2.45) is 0 Å². The number of benzene rings is 1. The number of halogens is 2. The van der Waals surface area contributed by atoms with Crippen molar-refractivity contribution in [3.63, 3.8) is 0 Å². The van der Waals surface area contributed by atoms with Gasteiger partial charge in [0.1, 0.15) is 0 Å². The number of carbonyl (C=O) groups excluding carboxylic acids is 1. The van der Waals surface area contributed by atoms with Crippen molar-refractivity contribution in [1.82, 2.24) is 5.32 Å². The fourth-order valence-corrected chi connectivity index (χ4v) is 2.03. The van der Waals surface area contributed by atoms with Gasteiger partial charge in [-0.25, -0.2) is 4.79 Å². The van der Waals surface area contributed by atoms with Crippen molar-refractivity contribution in [2.45, 2.75) is 6.04 Å². The summed E-state index contributed by atoms with van der Waals surface area (Å²) in [4.78, 5) is 22.4. The average molecular weight is 414 g/mol. The molecule has 17 heavy (non-hydrogen) atoms. The van der Waals surface area contributed by atoms with Crippen LogP contribution in [0.1, 0.15) is 10.4 Å². The number of aliphatic carboxylic acids is 1. The zero-order valence-corrected chi connectivity index (χ0v) is 12.2. The van der Waals surface area contributed by atoms with Gasteiger partial charge in [-0.15, -0.1) is 0 Å². The largest absolute Gasteiger partial charge is 0.480 e. The van der Waals surface area contributed by atoms with Gasteiger partial charge in [-0.3, -0.25) is 4.79 Å². The van der Waals surface area contributed by atoms with Crippen molar-refractivity contribution in [1.29, 1.82) is 0 Å². The number of carboxylic acid groups (broad SMARTS) is 1. The van der Waals surface area contributed by atoms with Crippen LogP contribution in [0.5, 0.6) is 0 Å². The highest BCUT2D eigenvalue weighted by Crippen LogP contribution is 2.18. The van der Waals surface area contributed by atoms with Crippen LogP contribution in [-0.2, 0) is 4.79 Å². The van der Waals surface area contributed by atoms with Crippen LogP contribution in [0, 0.1) is 3.57 Å². The third kappa shape index (κ3) is 3.93. The minimum absolute atomic E-state index is 0.361. The molecule has 1 atom stereocenters. The van der Waals surface area contributed by atoms with Crippen LogP contribution in [-0.4, -0.2) is 34.7 Å². The highest BCUT2D eigenvalue weighted by molar-refractivity contribution is 14.1. The third-order valence-electron chi connectivity index (χ3n) is 1.96. The van der Waals surface area contributed by atoms with Crippen molar-refractivity contribution in [2.75, 3.05) is 6.61 Å². The molecule has 0 radical (unpaired) electrons. The molecule has 0 heterocycles. The van der Waals surface area contributed by atoms with E-state index in [9.17, 15) is 9.59 Å². The smallest absolute Gasteiger partial charge is 0.328 e. The molecule has 0 saturated carbocycles. The summed E-state index contributed by atoms with van der Waals surface area (Å²) < 4.78 is 1.42. The molecule has 1 rings (SSSR count). The van der Waals surface area contributed by atoms with Gasteiger partial charge in [0.05, 0.1) is 12.2 Å². The van der Waals surface area contributed by atoms with Crippen LogP contribution in [0.2, 0.25) is 0 Å². The number of hydrogen-bond donors (Lipinski definition) is 3. The Morgan fingerprint density at radius 2 is 2.12 bits per heavy atom. The van der Waals surface area contributed by atoms with Gasteiger partial charge in [-0.05, 0) is 40.8 Å². The van der Waals surface area contributed by atoms with E-state index in [0.717, 1.165) is 4.47 Å². The predicted octanol–water partition coefficient (Wildman–Crippen LogP) is 1.23. The monoisotopic (exact) mass is 413 g/mol. The van der Waals surface area contributed by atoms with E-state index >= 15 is 0 Å². The molecule has 1 aromatic rings. The molecule has 0 spiro atoms. The SMILES string of the molecule is O=C(NC(CO)C(=O)O)c1cc(Br)ccc1I. The van der Waals surface area contributed by atoms with Crippen molar-refractivity contribution in [3.8, 4) is 0 Å². The fourth-order valence-electron chi connectivity index (χ4n) is 1.09. The van der Waals surface area contributed by atoms with Crippen molar-refractivity contribution < 1.29 is 19.8 Å². The molecule has 0 saturated heterocycles. The van der Waals surface area contributed by atoms with Gasteiger partial charge in [0, 0.05) is 8.04 Å². The van der Waals surface area contributed by atoms with Gasteiger partial charge in [0.25, 0.3) is 5.91 Å². The van der Waals surface area contributed by atoms with E-state index in [-0.39, 0.29) is 0 Å². The first kappa shape index (κ1) is 14.4. The van der Waals surface area contributed by atoms with Crippen LogP contribution in [0.15, 0.2) is 22.7 Å². The summed E-state index contributed by atoms with van der Waals surface area (Å²) in [5.74, 6) is -1.80. The molecule has 0 bridgehead atoms. The molecule has 1 amide bonds. The molecule has 5 nitrogen and oxygen atoms in total. The van der Waals surface area contributed by atoms with Gasteiger partial charge in [0.2, 0.25) is 0 Å². The Labute approximate surface area is 119 Å². The average Bonchev–Trinajstić information content (AvgIpc) is 2.28. The van der Waals surface area contributed by atoms with Crippen molar-refractivity contribution in [3.05, 3.63) is 31.8 Å². The second-order valence-corrected chi connectivity index (χ2v) is 5.25. The zero-order chi connectivity index (χ0) is 13.0. The quantitative estimate of drug-likeness (QED) is 0.648. The first-order valence-corrected chi connectivity index (χ1v) is 6.42. The van der Waals surface area contributed by atoms with E-state index in [1.54, 1.807) is 18.2 Å². The molecule has 0 aliphatic heterocycles. The summed E-state index contributed by atoms with van der Waals surface area (Å²) in [5.41, 5.74) is 0.361. The van der Waals surface area contributed by atoms with Crippen LogP contribution < -0.4 is 5.32 Å². The Kier molecular flexibility index (Phi) is 5.34. The first-order chi connectivity index (χ1) is 7.95. The van der Waals surface area contributed by atoms with Gasteiger partial charge in [-0.1, -0.05) is 15.9 Å². The maximum absolute atomic E-state index is 11.8. The van der Waals surface area contributed by atoms with E-state index in [1.165, 1.54) is 0 Å². The van der Waals surface area contributed by atoms with E-state index in [1.807, 2.05) is 22.6 Å². The normalized spacial score (nSPS) is 11.9. The topological polar surface area (TPSA) is 86.6 Å². The maximum Gasteiger partial charge on any atom is 0.328 e. The van der Waals surface area contributed by atoms with Gasteiger partial charge in [-0.2, -0.15) is 0 Å². The summed E-state index contributed by atoms with van der Waals surface area (Å²) in [6, 6.07) is 3.80. The summed E-state index contributed by atoms with van der Waals surface area (Å²) >= 11 is 5.20. The number of nitrogens with one attached hydrogen (secondary N) is 1. The molecule has 1 unspecified atom stereocenters. The lowest BCUT2D eigenvalue weighted by Gasteiger charge is -2.12. The fraction of sp³-hybridized carbons (Fsp3) is 0.200. The number of carboxylic acids is 1. The number of amides is 1. The summed E-state index contributed by atoms with van der Waals surface area (Å²) in [6.07, 6.45) is 0. The minimum atomic E-state index is -1.29. The Balaban J connectivity index is 2.89. The lowest BCUT2D eigenvalue weighted by Crippen LogP contribution is -2.43. The third-order valence-corrected chi connectivity index (χ3v) is 3.39. The highest BCUT2D eigenvalue weighted by Gasteiger charge is 2.20. The molecule has 1 aromatic carbocycles. The van der Waals surface area contributed by atoms with Crippen LogP contribution in [0.25, 0.3) is 0 Å². The lowest BCUT2D eigenvalue weighted by atomic mass is 10.2. The highest BCUT2D eigenvalue weighted by atomic mass is 127. The molecule has 0 fully saturated rings. The number of carbonyl (C=O) groups is 2. The molecule has 0 aromatic heterocycles. The standard InChI is InChI=1S/C10H9BrINO4/c11-5-1-2-7(12)6(3-5)9(15)13-8(4-14)10(16)17/h1-3,8,14H,4H2,(H,13,15)(H,16,17). The summed E-state index contributed by atoms with van der Waals surface area (Å²) in [7, 11) is 0. The summed E-state index contributed by atoms with van der Waals surface area (Å²) in [5, 5.41) is 19.8. The predicted molar refractivity (Wildman–Crippen MR) is 72.8 cm³/mol. The van der Waals surface area contributed by atoms with Gasteiger partial charge in [0.15, 0.2) is 6.04 Å². The minimum Gasteiger partial charge on any atom is -0.480 e. The number of aliphatic hydroxyl groups excluding tert-OH is 1. The van der Waals surface area contributed by atoms with E-state index < -0.39 is 24.5 Å². The van der Waals surface area contributed by atoms with Gasteiger partial charge < -0.3 is 15.5 Å².